The Morgan fingerprint density at radius 2 is 1.78 bits per heavy atom. The van der Waals surface area contributed by atoms with E-state index in [-0.39, 0.29) is 11.9 Å². The number of para-hydroxylation sites is 1. The highest BCUT2D eigenvalue weighted by Crippen LogP contribution is 2.21. The smallest absolute Gasteiger partial charge is 0.310 e. The molecule has 2 aromatic rings. The Bertz CT molecular complexity index is 765. The van der Waals surface area contributed by atoms with Crippen molar-refractivity contribution in [2.45, 2.75) is 19.8 Å². The molecule has 0 amide bonds. The number of likely N-dealkylation sites (tertiary alicyclic amines) is 1. The highest BCUT2D eigenvalue weighted by Gasteiger charge is 2.28. The molecule has 142 valence electrons. The molecule has 2 N–H and O–H groups in total. The van der Waals surface area contributed by atoms with Crippen molar-refractivity contribution in [2.24, 2.45) is 5.92 Å². The van der Waals surface area contributed by atoms with Crippen LogP contribution in [0.4, 0.5) is 17.1 Å². The second-order valence-corrected chi connectivity index (χ2v) is 6.92. The Kier molecular flexibility index (Phi) is 6.65. The average Bonchev–Trinajstić information content (AvgIpc) is 2.70. The van der Waals surface area contributed by atoms with Gasteiger partial charge in [0.2, 0.25) is 0 Å². The number of hydrogen-bond acceptors (Lipinski definition) is 4. The van der Waals surface area contributed by atoms with E-state index in [1.54, 1.807) is 0 Å². The van der Waals surface area contributed by atoms with Gasteiger partial charge in [-0.2, -0.15) is 0 Å². The van der Waals surface area contributed by atoms with E-state index in [4.69, 9.17) is 17.0 Å². The number of rotatable bonds is 5. The van der Waals surface area contributed by atoms with Gasteiger partial charge >= 0.3 is 5.97 Å². The predicted molar refractivity (Wildman–Crippen MR) is 113 cm³/mol. The largest absolute Gasteiger partial charge is 0.466 e. The first-order chi connectivity index (χ1) is 13.2. The topological polar surface area (TPSA) is 53.6 Å². The molecule has 0 spiro atoms. The van der Waals surface area contributed by atoms with Crippen LogP contribution in [0.2, 0.25) is 0 Å². The molecule has 6 heteroatoms. The van der Waals surface area contributed by atoms with Crippen LogP contribution in [0.1, 0.15) is 19.8 Å². The van der Waals surface area contributed by atoms with Crippen molar-refractivity contribution >= 4 is 40.4 Å². The molecule has 1 aliphatic heterocycles. The normalized spacial score (nSPS) is 16.5. The average molecular weight is 384 g/mol. The molecule has 1 saturated heterocycles. The number of thiocarbonyl (C=S) groups is 1. The summed E-state index contributed by atoms with van der Waals surface area (Å²) in [5.74, 6) is -0.225. The standard InChI is InChI=1S/C21H25N3O2S/c1-2-26-20(25)16-7-6-14-24(15-16)21(27)23-19-12-10-18(11-13-19)22-17-8-4-3-5-9-17/h3-5,8-13,16,22H,2,6-7,14-15H2,1H3,(H,23,27)/t16-/m0/s1. The fourth-order valence-corrected chi connectivity index (χ4v) is 3.43. The number of carbonyl (C=O) groups is 1. The van der Waals surface area contributed by atoms with Crippen LogP contribution in [-0.2, 0) is 9.53 Å². The molecule has 1 atom stereocenters. The molecule has 1 aliphatic rings. The predicted octanol–water partition coefficient (Wildman–Crippen LogP) is 4.40. The van der Waals surface area contributed by atoms with Crippen molar-refractivity contribution < 1.29 is 9.53 Å². The third kappa shape index (κ3) is 5.44. The van der Waals surface area contributed by atoms with Crippen molar-refractivity contribution in [3.8, 4) is 0 Å². The fraction of sp³-hybridized carbons (Fsp3) is 0.333. The van der Waals surface area contributed by atoms with Crippen LogP contribution < -0.4 is 10.6 Å². The molecular formula is C21H25N3O2S. The fourth-order valence-electron chi connectivity index (χ4n) is 3.14. The zero-order valence-electron chi connectivity index (χ0n) is 15.5. The van der Waals surface area contributed by atoms with E-state index < -0.39 is 0 Å². The van der Waals surface area contributed by atoms with Gasteiger partial charge < -0.3 is 20.3 Å². The van der Waals surface area contributed by atoms with Crippen molar-refractivity contribution in [3.05, 3.63) is 54.6 Å². The molecule has 0 aromatic heterocycles. The molecule has 5 nitrogen and oxygen atoms in total. The van der Waals surface area contributed by atoms with E-state index in [1.807, 2.05) is 61.5 Å². The quantitative estimate of drug-likeness (QED) is 0.589. The molecule has 1 heterocycles. The van der Waals surface area contributed by atoms with E-state index in [0.29, 0.717) is 18.3 Å². The summed E-state index contributed by atoms with van der Waals surface area (Å²) in [5.41, 5.74) is 2.99. The number of benzene rings is 2. The first kappa shape index (κ1) is 19.2. The summed E-state index contributed by atoms with van der Waals surface area (Å²) in [4.78, 5) is 14.0. The number of carbonyl (C=O) groups excluding carboxylic acids is 1. The van der Waals surface area contributed by atoms with Crippen LogP contribution in [0.5, 0.6) is 0 Å². The van der Waals surface area contributed by atoms with Crippen molar-refractivity contribution in [2.75, 3.05) is 30.3 Å². The summed E-state index contributed by atoms with van der Waals surface area (Å²) in [6.07, 6.45) is 1.79. The van der Waals surface area contributed by atoms with E-state index in [1.165, 1.54) is 0 Å². The summed E-state index contributed by atoms with van der Waals surface area (Å²) >= 11 is 5.54. The third-order valence-corrected chi connectivity index (χ3v) is 4.89. The lowest BCUT2D eigenvalue weighted by atomic mass is 9.98. The van der Waals surface area contributed by atoms with Gasteiger partial charge in [-0.25, -0.2) is 0 Å². The molecule has 0 radical (unpaired) electrons. The summed E-state index contributed by atoms with van der Waals surface area (Å²) < 4.78 is 5.15. The Morgan fingerprint density at radius 1 is 1.11 bits per heavy atom. The SMILES string of the molecule is CCOC(=O)[C@H]1CCCN(C(=S)Nc2ccc(Nc3ccccc3)cc2)C1. The highest BCUT2D eigenvalue weighted by molar-refractivity contribution is 7.80. The van der Waals surface area contributed by atoms with Gasteiger partial charge in [-0.15, -0.1) is 0 Å². The highest BCUT2D eigenvalue weighted by atomic mass is 32.1. The minimum Gasteiger partial charge on any atom is -0.466 e. The molecule has 1 fully saturated rings. The lowest BCUT2D eigenvalue weighted by Gasteiger charge is -2.33. The Morgan fingerprint density at radius 3 is 2.48 bits per heavy atom. The monoisotopic (exact) mass is 383 g/mol. The van der Waals surface area contributed by atoms with Crippen LogP contribution in [0.3, 0.4) is 0 Å². The maximum atomic E-state index is 12.0. The van der Waals surface area contributed by atoms with Crippen LogP contribution in [-0.4, -0.2) is 35.7 Å². The molecular weight excluding hydrogens is 358 g/mol. The Labute approximate surface area is 165 Å². The Balaban J connectivity index is 1.55. The zero-order valence-corrected chi connectivity index (χ0v) is 16.3. The number of anilines is 3. The second kappa shape index (κ2) is 9.37. The third-order valence-electron chi connectivity index (χ3n) is 4.53. The number of esters is 1. The van der Waals surface area contributed by atoms with Crippen molar-refractivity contribution in [1.29, 1.82) is 0 Å². The van der Waals surface area contributed by atoms with Crippen molar-refractivity contribution in [1.82, 2.24) is 4.90 Å². The van der Waals surface area contributed by atoms with Gasteiger partial charge in [0.05, 0.1) is 12.5 Å². The summed E-state index contributed by atoms with van der Waals surface area (Å²) in [7, 11) is 0. The summed E-state index contributed by atoms with van der Waals surface area (Å²) in [6.45, 7) is 3.72. The van der Waals surface area contributed by atoms with E-state index in [0.717, 1.165) is 36.4 Å². The Hall–Kier alpha value is -2.60. The number of nitrogens with zero attached hydrogens (tertiary/aromatic N) is 1. The molecule has 27 heavy (non-hydrogen) atoms. The number of hydrogen-bond donors (Lipinski definition) is 2. The van der Waals surface area contributed by atoms with Gasteiger partial charge in [-0.05, 0) is 68.4 Å². The summed E-state index contributed by atoms with van der Waals surface area (Å²) in [6, 6.07) is 18.0. The van der Waals surface area contributed by atoms with E-state index >= 15 is 0 Å². The van der Waals surface area contributed by atoms with E-state index in [9.17, 15) is 4.79 Å². The maximum Gasteiger partial charge on any atom is 0.310 e. The number of ether oxygens (including phenoxy) is 1. The number of piperidine rings is 1. The van der Waals surface area contributed by atoms with Crippen LogP contribution >= 0.6 is 12.2 Å². The van der Waals surface area contributed by atoms with Gasteiger partial charge in [0.25, 0.3) is 0 Å². The van der Waals surface area contributed by atoms with Crippen molar-refractivity contribution in [3.63, 3.8) is 0 Å². The lowest BCUT2D eigenvalue weighted by molar-refractivity contribution is -0.149. The first-order valence-electron chi connectivity index (χ1n) is 9.30. The van der Waals surface area contributed by atoms with Gasteiger partial charge in [0.1, 0.15) is 0 Å². The van der Waals surface area contributed by atoms with Crippen LogP contribution in [0.25, 0.3) is 0 Å². The van der Waals surface area contributed by atoms with E-state index in [2.05, 4.69) is 15.5 Å². The molecule has 0 aliphatic carbocycles. The first-order valence-corrected chi connectivity index (χ1v) is 9.71. The van der Waals surface area contributed by atoms with Gasteiger partial charge in [-0.1, -0.05) is 18.2 Å². The lowest BCUT2D eigenvalue weighted by Crippen LogP contribution is -2.44. The summed E-state index contributed by atoms with van der Waals surface area (Å²) in [5, 5.41) is 7.27. The maximum absolute atomic E-state index is 12.0. The van der Waals surface area contributed by atoms with Gasteiger partial charge in [0.15, 0.2) is 5.11 Å². The molecule has 2 aromatic carbocycles. The van der Waals surface area contributed by atoms with Gasteiger partial charge in [-0.3, -0.25) is 4.79 Å². The minimum atomic E-state index is -0.124. The molecule has 0 unspecified atom stereocenters. The molecule has 0 saturated carbocycles. The molecule has 3 rings (SSSR count). The van der Waals surface area contributed by atoms with Gasteiger partial charge in [0, 0.05) is 30.2 Å². The zero-order chi connectivity index (χ0) is 19.1. The van der Waals surface area contributed by atoms with Crippen LogP contribution in [0, 0.1) is 5.92 Å². The minimum absolute atomic E-state index is 0.101. The molecule has 0 bridgehead atoms. The second-order valence-electron chi connectivity index (χ2n) is 6.54. The number of nitrogens with one attached hydrogen (secondary N) is 2. The van der Waals surface area contributed by atoms with Crippen LogP contribution in [0.15, 0.2) is 54.6 Å².